The minimum absolute atomic E-state index is 0.0767. The predicted molar refractivity (Wildman–Crippen MR) is 174 cm³/mol. The number of nitrogens with zero attached hydrogens (tertiary/aromatic N) is 3. The fourth-order valence-electron chi connectivity index (χ4n) is 7.20. The highest BCUT2D eigenvalue weighted by molar-refractivity contribution is 5.81. The molecule has 0 saturated carbocycles. The number of aromatic nitrogens is 2. The number of likely N-dealkylation sites (tertiary alicyclic amines) is 1. The van der Waals surface area contributed by atoms with Crippen LogP contribution in [0.2, 0.25) is 0 Å². The molecule has 1 aliphatic heterocycles. The summed E-state index contributed by atoms with van der Waals surface area (Å²) in [7, 11) is 0. The molecule has 1 saturated heterocycles. The van der Waals surface area contributed by atoms with Crippen LogP contribution in [-0.2, 0) is 4.74 Å². The van der Waals surface area contributed by atoms with E-state index in [1.807, 2.05) is 70.2 Å². The molecule has 6 rings (SSSR count). The van der Waals surface area contributed by atoms with Crippen LogP contribution in [0.3, 0.4) is 0 Å². The maximum absolute atomic E-state index is 14.2. The molecule has 4 aromatic rings. The number of aryl methyl sites for hydroxylation is 1. The lowest BCUT2D eigenvalue weighted by atomic mass is 9.79. The van der Waals surface area contributed by atoms with E-state index in [0.29, 0.717) is 36.1 Å². The molecule has 9 nitrogen and oxygen atoms in total. The Bertz CT molecular complexity index is 1800. The van der Waals surface area contributed by atoms with Gasteiger partial charge in [0.2, 0.25) is 0 Å². The van der Waals surface area contributed by atoms with Crippen LogP contribution in [0.15, 0.2) is 71.5 Å². The van der Waals surface area contributed by atoms with Crippen molar-refractivity contribution in [2.75, 3.05) is 13.2 Å². The molecule has 0 spiro atoms. The highest BCUT2D eigenvalue weighted by atomic mass is 16.5. The van der Waals surface area contributed by atoms with Gasteiger partial charge >= 0.3 is 12.2 Å². The average molecular weight is 609 g/mol. The quantitative estimate of drug-likeness (QED) is 0.251. The van der Waals surface area contributed by atoms with Crippen molar-refractivity contribution in [1.82, 2.24) is 19.8 Å². The molecule has 2 heterocycles. The van der Waals surface area contributed by atoms with E-state index in [1.165, 1.54) is 4.90 Å². The zero-order valence-electron chi connectivity index (χ0n) is 26.4. The Labute approximate surface area is 262 Å². The number of carbonyl (C=O) groups excluding carboxylic acids is 1. The van der Waals surface area contributed by atoms with Gasteiger partial charge in [0, 0.05) is 24.5 Å². The summed E-state index contributed by atoms with van der Waals surface area (Å²) in [6, 6.07) is 20.7. The summed E-state index contributed by atoms with van der Waals surface area (Å²) in [6.45, 7) is 10.2. The van der Waals surface area contributed by atoms with E-state index in [9.17, 15) is 19.5 Å². The topological polar surface area (TPSA) is 114 Å². The van der Waals surface area contributed by atoms with Crippen LogP contribution in [0.1, 0.15) is 81.1 Å². The lowest BCUT2D eigenvalue weighted by Gasteiger charge is -2.45. The van der Waals surface area contributed by atoms with E-state index in [-0.39, 0.29) is 35.6 Å². The molecule has 1 aromatic heterocycles. The van der Waals surface area contributed by atoms with Crippen molar-refractivity contribution in [1.29, 1.82) is 0 Å². The first-order valence-corrected chi connectivity index (χ1v) is 15.6. The van der Waals surface area contributed by atoms with Crippen LogP contribution in [-0.4, -0.2) is 50.9 Å². The number of hydrogen-bond acceptors (Lipinski definition) is 5. The van der Waals surface area contributed by atoms with Gasteiger partial charge in [-0.05, 0) is 66.0 Å². The Morgan fingerprint density at radius 1 is 1.02 bits per heavy atom. The number of alkyl carbamates (subject to hydrolysis) is 1. The number of rotatable bonds is 5. The van der Waals surface area contributed by atoms with Crippen molar-refractivity contribution in [3.05, 3.63) is 99.6 Å². The van der Waals surface area contributed by atoms with Crippen molar-refractivity contribution in [3.8, 4) is 11.1 Å². The van der Waals surface area contributed by atoms with E-state index >= 15 is 0 Å². The Morgan fingerprint density at radius 3 is 2.29 bits per heavy atom. The smallest absolute Gasteiger partial charge is 0.407 e. The second-order valence-electron chi connectivity index (χ2n) is 13.3. The molecule has 2 aliphatic rings. The zero-order chi connectivity index (χ0) is 32.0. The second kappa shape index (κ2) is 11.7. The molecular weight excluding hydrogens is 568 g/mol. The lowest BCUT2D eigenvalue weighted by Crippen LogP contribution is -2.53. The van der Waals surface area contributed by atoms with Crippen molar-refractivity contribution in [2.24, 2.45) is 5.41 Å². The van der Waals surface area contributed by atoms with Crippen LogP contribution < -0.4 is 10.9 Å². The van der Waals surface area contributed by atoms with Gasteiger partial charge in [0.1, 0.15) is 12.4 Å². The molecule has 0 radical (unpaired) electrons. The fourth-order valence-corrected chi connectivity index (χ4v) is 7.20. The molecule has 9 heteroatoms. The number of fused-ring (bicyclic) bond motifs is 4. The molecule has 0 bridgehead atoms. The van der Waals surface area contributed by atoms with Gasteiger partial charge in [0.25, 0.3) is 5.56 Å². The van der Waals surface area contributed by atoms with E-state index in [1.54, 1.807) is 11.5 Å². The number of amides is 2. The Hall–Kier alpha value is -4.66. The Kier molecular flexibility index (Phi) is 7.89. The number of hydrogen-bond donors (Lipinski definition) is 2. The SMILES string of the molecule is Cc1cccc2nc(C(C)NC(=O)OCC3c4ccccc4-c4ccccc43)n(C3CCN(C(=O)O)C(C(C)(C)C)C3)c(=O)c12. The molecule has 234 valence electrons. The monoisotopic (exact) mass is 608 g/mol. The normalized spacial score (nSPS) is 18.7. The maximum atomic E-state index is 14.2. The van der Waals surface area contributed by atoms with Crippen molar-refractivity contribution in [3.63, 3.8) is 0 Å². The zero-order valence-corrected chi connectivity index (χ0v) is 26.4. The van der Waals surface area contributed by atoms with Crippen molar-refractivity contribution >= 4 is 23.1 Å². The first-order chi connectivity index (χ1) is 21.5. The molecule has 3 atom stereocenters. The van der Waals surface area contributed by atoms with Gasteiger partial charge < -0.3 is 20.1 Å². The first kappa shape index (κ1) is 30.4. The minimum atomic E-state index is -0.960. The van der Waals surface area contributed by atoms with Gasteiger partial charge in [-0.2, -0.15) is 0 Å². The van der Waals surface area contributed by atoms with Crippen LogP contribution in [0.5, 0.6) is 0 Å². The van der Waals surface area contributed by atoms with E-state index in [2.05, 4.69) is 29.6 Å². The number of piperidine rings is 1. The van der Waals surface area contributed by atoms with Crippen molar-refractivity contribution in [2.45, 2.75) is 71.5 Å². The summed E-state index contributed by atoms with van der Waals surface area (Å²) in [6.07, 6.45) is -0.636. The summed E-state index contributed by atoms with van der Waals surface area (Å²) in [4.78, 5) is 46.0. The third-order valence-electron chi connectivity index (χ3n) is 9.42. The molecule has 1 fully saturated rings. The van der Waals surface area contributed by atoms with Gasteiger partial charge in [0.05, 0.1) is 16.9 Å². The lowest BCUT2D eigenvalue weighted by molar-refractivity contribution is 0.0414. The van der Waals surface area contributed by atoms with Crippen LogP contribution in [0.25, 0.3) is 22.0 Å². The summed E-state index contributed by atoms with van der Waals surface area (Å²) >= 11 is 0. The van der Waals surface area contributed by atoms with Gasteiger partial charge in [-0.25, -0.2) is 14.6 Å². The Balaban J connectivity index is 1.29. The van der Waals surface area contributed by atoms with Gasteiger partial charge in [0.15, 0.2) is 0 Å². The molecule has 45 heavy (non-hydrogen) atoms. The molecule has 2 N–H and O–H groups in total. The van der Waals surface area contributed by atoms with E-state index in [0.717, 1.165) is 27.8 Å². The predicted octanol–water partition coefficient (Wildman–Crippen LogP) is 7.03. The summed E-state index contributed by atoms with van der Waals surface area (Å²) in [5.74, 6) is 0.347. The highest BCUT2D eigenvalue weighted by Gasteiger charge is 2.40. The summed E-state index contributed by atoms with van der Waals surface area (Å²) in [5.41, 5.74) is 5.40. The highest BCUT2D eigenvalue weighted by Crippen LogP contribution is 2.44. The number of nitrogens with one attached hydrogen (secondary N) is 1. The number of carboxylic acid groups (broad SMARTS) is 1. The van der Waals surface area contributed by atoms with Crippen LogP contribution in [0, 0.1) is 12.3 Å². The first-order valence-electron chi connectivity index (χ1n) is 15.6. The van der Waals surface area contributed by atoms with Gasteiger partial charge in [-0.3, -0.25) is 9.36 Å². The van der Waals surface area contributed by atoms with Crippen LogP contribution >= 0.6 is 0 Å². The summed E-state index contributed by atoms with van der Waals surface area (Å²) < 4.78 is 7.52. The van der Waals surface area contributed by atoms with Crippen LogP contribution in [0.4, 0.5) is 9.59 Å². The summed E-state index contributed by atoms with van der Waals surface area (Å²) in [5, 5.41) is 13.4. The average Bonchev–Trinajstić information content (AvgIpc) is 3.32. The molecule has 2 amide bonds. The molecule has 1 aliphatic carbocycles. The fraction of sp³-hybridized carbons (Fsp3) is 0.389. The Morgan fingerprint density at radius 2 is 1.67 bits per heavy atom. The standard InChI is InChI=1S/C36H40N4O5/c1-21-11-10-16-29-31(21)33(41)40(23-17-18-39(35(43)44)30(19-23)36(3,4)5)32(38-29)22(2)37-34(42)45-20-28-26-14-8-6-12-24(26)25-13-7-9-15-27(25)28/h6-16,22-23,28,30H,17-20H2,1-5H3,(H,37,42)(H,43,44). The number of ether oxygens (including phenoxy) is 1. The number of benzene rings is 3. The largest absolute Gasteiger partial charge is 0.465 e. The van der Waals surface area contributed by atoms with E-state index in [4.69, 9.17) is 9.72 Å². The third-order valence-corrected chi connectivity index (χ3v) is 9.42. The number of carbonyl (C=O) groups is 2. The third kappa shape index (κ3) is 5.56. The maximum Gasteiger partial charge on any atom is 0.407 e. The second-order valence-corrected chi connectivity index (χ2v) is 13.3. The van der Waals surface area contributed by atoms with E-state index < -0.39 is 18.2 Å². The molecule has 3 aromatic carbocycles. The minimum Gasteiger partial charge on any atom is -0.465 e. The molecule has 3 unspecified atom stereocenters. The van der Waals surface area contributed by atoms with Crippen molar-refractivity contribution < 1.29 is 19.4 Å². The molecular formula is C36H40N4O5. The van der Waals surface area contributed by atoms with Gasteiger partial charge in [-0.15, -0.1) is 0 Å². The van der Waals surface area contributed by atoms with Gasteiger partial charge in [-0.1, -0.05) is 81.4 Å².